The standard InChI is InChI=1S/C18H18N4OS/c1-12-8-9-15(24-12)18(23)21-16-17(22-10-4-5-11-22)20-14-7-3-2-6-13(14)19-16/h2-3,6-9H,4-5,10-11H2,1H3,(H,19,21,23). The normalized spacial score (nSPS) is 14.3. The molecule has 24 heavy (non-hydrogen) atoms. The SMILES string of the molecule is Cc1ccc(C(=O)Nc2nc3ccccc3nc2N2CCCC2)s1. The Labute approximate surface area is 144 Å². The molecule has 3 aromatic rings. The number of hydrogen-bond donors (Lipinski definition) is 1. The van der Waals surface area contributed by atoms with Gasteiger partial charge < -0.3 is 10.2 Å². The van der Waals surface area contributed by atoms with Gasteiger partial charge >= 0.3 is 0 Å². The molecule has 0 unspecified atom stereocenters. The van der Waals surface area contributed by atoms with Gasteiger partial charge in [0.25, 0.3) is 5.91 Å². The van der Waals surface area contributed by atoms with Gasteiger partial charge in [0.15, 0.2) is 11.6 Å². The summed E-state index contributed by atoms with van der Waals surface area (Å²) >= 11 is 1.48. The number of carbonyl (C=O) groups is 1. The highest BCUT2D eigenvalue weighted by atomic mass is 32.1. The van der Waals surface area contributed by atoms with Crippen LogP contribution in [0, 0.1) is 6.92 Å². The van der Waals surface area contributed by atoms with Gasteiger partial charge in [-0.25, -0.2) is 9.97 Å². The number of aryl methyl sites for hydroxylation is 1. The van der Waals surface area contributed by atoms with E-state index in [0.29, 0.717) is 10.7 Å². The van der Waals surface area contributed by atoms with Gasteiger partial charge in [-0.1, -0.05) is 12.1 Å². The first-order valence-corrected chi connectivity index (χ1v) is 8.92. The van der Waals surface area contributed by atoms with Crippen molar-refractivity contribution in [1.29, 1.82) is 0 Å². The Hall–Kier alpha value is -2.47. The van der Waals surface area contributed by atoms with Crippen LogP contribution in [-0.4, -0.2) is 29.0 Å². The molecule has 0 saturated carbocycles. The topological polar surface area (TPSA) is 58.1 Å². The summed E-state index contributed by atoms with van der Waals surface area (Å²) in [4.78, 5) is 26.0. The van der Waals surface area contributed by atoms with Crippen molar-refractivity contribution in [1.82, 2.24) is 9.97 Å². The minimum atomic E-state index is -0.127. The number of amides is 1. The Morgan fingerprint density at radius 3 is 2.46 bits per heavy atom. The molecule has 1 aromatic carbocycles. The Kier molecular flexibility index (Phi) is 3.90. The number of nitrogens with one attached hydrogen (secondary N) is 1. The first kappa shape index (κ1) is 15.1. The fourth-order valence-corrected chi connectivity index (χ4v) is 3.71. The number of nitrogens with zero attached hydrogens (tertiary/aromatic N) is 3. The molecule has 1 amide bonds. The van der Waals surface area contributed by atoms with Gasteiger partial charge in [-0.15, -0.1) is 11.3 Å². The first-order valence-electron chi connectivity index (χ1n) is 8.10. The van der Waals surface area contributed by atoms with E-state index in [1.54, 1.807) is 0 Å². The van der Waals surface area contributed by atoms with Crippen molar-refractivity contribution in [3.8, 4) is 0 Å². The number of hydrogen-bond acceptors (Lipinski definition) is 5. The lowest BCUT2D eigenvalue weighted by molar-refractivity contribution is 0.103. The molecule has 0 spiro atoms. The maximum absolute atomic E-state index is 12.5. The fourth-order valence-electron chi connectivity index (χ4n) is 2.95. The molecule has 3 heterocycles. The van der Waals surface area contributed by atoms with Gasteiger partial charge in [0.1, 0.15) is 0 Å². The molecule has 0 aliphatic carbocycles. The fraction of sp³-hybridized carbons (Fsp3) is 0.278. The summed E-state index contributed by atoms with van der Waals surface area (Å²) in [6, 6.07) is 11.6. The summed E-state index contributed by atoms with van der Waals surface area (Å²) < 4.78 is 0. The lowest BCUT2D eigenvalue weighted by Gasteiger charge is -2.20. The second-order valence-electron chi connectivity index (χ2n) is 5.94. The Morgan fingerprint density at radius 2 is 1.79 bits per heavy atom. The van der Waals surface area contributed by atoms with E-state index in [1.165, 1.54) is 11.3 Å². The summed E-state index contributed by atoms with van der Waals surface area (Å²) in [6.07, 6.45) is 2.29. The van der Waals surface area contributed by atoms with E-state index in [1.807, 2.05) is 43.3 Å². The second-order valence-corrected chi connectivity index (χ2v) is 7.23. The number of rotatable bonds is 3. The molecule has 1 fully saturated rings. The third-order valence-electron chi connectivity index (χ3n) is 4.15. The maximum atomic E-state index is 12.5. The number of para-hydroxylation sites is 2. The van der Waals surface area contributed by atoms with E-state index in [2.05, 4.69) is 15.2 Å². The summed E-state index contributed by atoms with van der Waals surface area (Å²) in [7, 11) is 0. The highest BCUT2D eigenvalue weighted by Gasteiger charge is 2.21. The van der Waals surface area contributed by atoms with Crippen molar-refractivity contribution in [2.75, 3.05) is 23.3 Å². The molecular formula is C18H18N4OS. The molecule has 0 radical (unpaired) electrons. The van der Waals surface area contributed by atoms with E-state index >= 15 is 0 Å². The van der Waals surface area contributed by atoms with Crippen LogP contribution < -0.4 is 10.2 Å². The molecule has 0 bridgehead atoms. The van der Waals surface area contributed by atoms with E-state index in [9.17, 15) is 4.79 Å². The van der Waals surface area contributed by atoms with Gasteiger partial charge in [0.2, 0.25) is 0 Å². The number of thiophene rings is 1. The highest BCUT2D eigenvalue weighted by Crippen LogP contribution is 2.28. The zero-order valence-corrected chi connectivity index (χ0v) is 14.3. The summed E-state index contributed by atoms with van der Waals surface area (Å²) in [5.41, 5.74) is 1.64. The summed E-state index contributed by atoms with van der Waals surface area (Å²) in [5.74, 6) is 1.19. The van der Waals surface area contributed by atoms with Crippen LogP contribution >= 0.6 is 11.3 Å². The average Bonchev–Trinajstić information content (AvgIpc) is 3.26. The van der Waals surface area contributed by atoms with E-state index in [4.69, 9.17) is 4.98 Å². The zero-order chi connectivity index (χ0) is 16.5. The molecule has 1 saturated heterocycles. The molecule has 1 N–H and O–H groups in total. The monoisotopic (exact) mass is 338 g/mol. The van der Waals surface area contributed by atoms with Gasteiger partial charge in [0, 0.05) is 18.0 Å². The van der Waals surface area contributed by atoms with Crippen LogP contribution in [0.1, 0.15) is 27.4 Å². The molecule has 6 heteroatoms. The van der Waals surface area contributed by atoms with Gasteiger partial charge in [-0.2, -0.15) is 0 Å². The van der Waals surface area contributed by atoms with Gasteiger partial charge in [-0.3, -0.25) is 4.79 Å². The number of benzene rings is 1. The van der Waals surface area contributed by atoms with Crippen molar-refractivity contribution in [2.45, 2.75) is 19.8 Å². The third-order valence-corrected chi connectivity index (χ3v) is 5.15. The van der Waals surface area contributed by atoms with Crippen LogP contribution in [0.2, 0.25) is 0 Å². The van der Waals surface area contributed by atoms with Crippen LogP contribution in [0.15, 0.2) is 36.4 Å². The molecule has 1 aliphatic heterocycles. The zero-order valence-electron chi connectivity index (χ0n) is 13.5. The molecular weight excluding hydrogens is 320 g/mol. The van der Waals surface area contributed by atoms with Crippen LogP contribution in [0.4, 0.5) is 11.6 Å². The maximum Gasteiger partial charge on any atom is 0.266 e. The lowest BCUT2D eigenvalue weighted by atomic mass is 10.3. The number of carbonyl (C=O) groups excluding carboxylic acids is 1. The predicted octanol–water partition coefficient (Wildman–Crippen LogP) is 3.85. The van der Waals surface area contributed by atoms with Crippen LogP contribution in [0.25, 0.3) is 11.0 Å². The van der Waals surface area contributed by atoms with Crippen LogP contribution in [-0.2, 0) is 0 Å². The van der Waals surface area contributed by atoms with Gasteiger partial charge in [0.05, 0.1) is 15.9 Å². The Morgan fingerprint density at radius 1 is 1.08 bits per heavy atom. The molecule has 0 atom stereocenters. The number of fused-ring (bicyclic) bond motifs is 1. The minimum absolute atomic E-state index is 0.127. The highest BCUT2D eigenvalue weighted by molar-refractivity contribution is 7.14. The predicted molar refractivity (Wildman–Crippen MR) is 98.0 cm³/mol. The number of anilines is 2. The van der Waals surface area contributed by atoms with E-state index in [0.717, 1.165) is 47.7 Å². The van der Waals surface area contributed by atoms with Crippen molar-refractivity contribution in [3.05, 3.63) is 46.2 Å². The van der Waals surface area contributed by atoms with Crippen molar-refractivity contribution >= 4 is 39.9 Å². The lowest BCUT2D eigenvalue weighted by Crippen LogP contribution is -2.23. The van der Waals surface area contributed by atoms with Crippen molar-refractivity contribution in [3.63, 3.8) is 0 Å². The second kappa shape index (κ2) is 6.20. The average molecular weight is 338 g/mol. The largest absolute Gasteiger partial charge is 0.354 e. The Bertz CT molecular complexity index is 899. The van der Waals surface area contributed by atoms with Crippen molar-refractivity contribution in [2.24, 2.45) is 0 Å². The van der Waals surface area contributed by atoms with E-state index < -0.39 is 0 Å². The quantitative estimate of drug-likeness (QED) is 0.788. The minimum Gasteiger partial charge on any atom is -0.354 e. The third kappa shape index (κ3) is 2.85. The smallest absolute Gasteiger partial charge is 0.266 e. The summed E-state index contributed by atoms with van der Waals surface area (Å²) in [5, 5.41) is 2.97. The molecule has 2 aromatic heterocycles. The first-order chi connectivity index (χ1) is 11.7. The van der Waals surface area contributed by atoms with Gasteiger partial charge in [-0.05, 0) is 44.0 Å². The van der Waals surface area contributed by atoms with Crippen LogP contribution in [0.3, 0.4) is 0 Å². The summed E-state index contributed by atoms with van der Waals surface area (Å²) in [6.45, 7) is 3.90. The molecule has 5 nitrogen and oxygen atoms in total. The molecule has 4 rings (SSSR count). The van der Waals surface area contributed by atoms with Crippen LogP contribution in [0.5, 0.6) is 0 Å². The Balaban J connectivity index is 1.74. The van der Waals surface area contributed by atoms with Crippen molar-refractivity contribution < 1.29 is 4.79 Å². The molecule has 122 valence electrons. The molecule has 1 aliphatic rings. The number of aromatic nitrogens is 2. The van der Waals surface area contributed by atoms with E-state index in [-0.39, 0.29) is 5.91 Å².